The van der Waals surface area contributed by atoms with Gasteiger partial charge in [-0.2, -0.15) is 0 Å². The maximum Gasteiger partial charge on any atom is 0.234 e. The van der Waals surface area contributed by atoms with Crippen LogP contribution in [0.25, 0.3) is 11.4 Å². The summed E-state index contributed by atoms with van der Waals surface area (Å²) in [6.07, 6.45) is 0.615. The SMILES string of the molecule is CCS(=O)(=O)N1CCc2cc(C(=O)CSc3nnc(-c4ccc(C(C)(C)C)cc4)n3C)ccc21. The number of thioether (sulfide) groups is 1. The molecule has 4 rings (SSSR count). The Morgan fingerprint density at radius 2 is 1.79 bits per heavy atom. The number of carbonyl (C=O) groups is 1. The molecule has 0 spiro atoms. The third kappa shape index (κ3) is 4.77. The van der Waals surface area contributed by atoms with Gasteiger partial charge in [-0.1, -0.05) is 56.8 Å². The molecule has 0 fully saturated rings. The fourth-order valence-corrected chi connectivity index (χ4v) is 5.98. The topological polar surface area (TPSA) is 85.2 Å². The average Bonchev–Trinajstić information content (AvgIpc) is 3.40. The van der Waals surface area contributed by atoms with Crippen LogP contribution >= 0.6 is 11.8 Å². The number of ketones is 1. The normalized spacial score (nSPS) is 13.9. The third-order valence-corrected chi connectivity index (χ3v) is 8.93. The van der Waals surface area contributed by atoms with Crippen molar-refractivity contribution in [3.63, 3.8) is 0 Å². The molecule has 180 valence electrons. The Kier molecular flexibility index (Phi) is 6.61. The fourth-order valence-electron chi connectivity index (χ4n) is 4.01. The Labute approximate surface area is 205 Å². The Morgan fingerprint density at radius 1 is 1.09 bits per heavy atom. The van der Waals surface area contributed by atoms with Crippen LogP contribution in [-0.2, 0) is 28.9 Å². The van der Waals surface area contributed by atoms with E-state index >= 15 is 0 Å². The molecule has 0 bridgehead atoms. The molecule has 2 heterocycles. The number of fused-ring (bicyclic) bond motifs is 1. The maximum atomic E-state index is 12.9. The van der Waals surface area contributed by atoms with E-state index in [-0.39, 0.29) is 22.7 Å². The van der Waals surface area contributed by atoms with Crippen molar-refractivity contribution in [3.8, 4) is 11.4 Å². The lowest BCUT2D eigenvalue weighted by Crippen LogP contribution is -2.30. The molecule has 0 saturated heterocycles. The number of carbonyl (C=O) groups excluding carboxylic acids is 1. The molecule has 34 heavy (non-hydrogen) atoms. The van der Waals surface area contributed by atoms with Crippen molar-refractivity contribution in [1.82, 2.24) is 14.8 Å². The number of rotatable bonds is 7. The van der Waals surface area contributed by atoms with Gasteiger partial charge in [0, 0.05) is 24.7 Å². The minimum absolute atomic E-state index is 0.0244. The largest absolute Gasteiger partial charge is 0.305 e. The van der Waals surface area contributed by atoms with E-state index in [4.69, 9.17) is 0 Å². The monoisotopic (exact) mass is 498 g/mol. The molecular weight excluding hydrogens is 468 g/mol. The Morgan fingerprint density at radius 3 is 2.44 bits per heavy atom. The van der Waals surface area contributed by atoms with Gasteiger partial charge in [0.05, 0.1) is 17.2 Å². The number of sulfonamides is 1. The first kappa shape index (κ1) is 24.5. The van der Waals surface area contributed by atoms with E-state index in [9.17, 15) is 13.2 Å². The Bertz CT molecular complexity index is 1320. The van der Waals surface area contributed by atoms with Gasteiger partial charge in [0.15, 0.2) is 16.8 Å². The van der Waals surface area contributed by atoms with E-state index in [0.29, 0.717) is 29.4 Å². The minimum Gasteiger partial charge on any atom is -0.305 e. The fraction of sp³-hybridized carbons (Fsp3) is 0.400. The first-order chi connectivity index (χ1) is 16.0. The van der Waals surface area contributed by atoms with E-state index in [1.54, 1.807) is 19.1 Å². The van der Waals surface area contributed by atoms with E-state index in [0.717, 1.165) is 17.0 Å². The molecule has 1 aliphatic heterocycles. The third-order valence-electron chi connectivity index (χ3n) is 6.13. The molecule has 0 N–H and O–H groups in total. The summed E-state index contributed by atoms with van der Waals surface area (Å²) in [5.41, 5.74) is 4.48. The molecule has 3 aromatic rings. The number of nitrogens with zero attached hydrogens (tertiary/aromatic N) is 4. The molecule has 0 aliphatic carbocycles. The van der Waals surface area contributed by atoms with Gasteiger partial charge in [-0.05, 0) is 48.1 Å². The van der Waals surface area contributed by atoms with Gasteiger partial charge in [0.1, 0.15) is 0 Å². The molecule has 1 aliphatic rings. The standard InChI is InChI=1S/C25H30N4O3S2/c1-6-34(31,32)29-14-13-18-15-19(9-12-21(18)29)22(30)16-33-24-27-26-23(28(24)5)17-7-10-20(11-8-17)25(2,3)4/h7-12,15H,6,13-14,16H2,1-5H3. The maximum absolute atomic E-state index is 12.9. The highest BCUT2D eigenvalue weighted by Gasteiger charge is 2.28. The Hall–Kier alpha value is -2.65. The number of anilines is 1. The molecule has 2 aromatic carbocycles. The zero-order valence-electron chi connectivity index (χ0n) is 20.2. The molecular formula is C25H30N4O3S2. The zero-order valence-corrected chi connectivity index (χ0v) is 21.8. The summed E-state index contributed by atoms with van der Waals surface area (Å²) in [7, 11) is -1.40. The predicted molar refractivity (Wildman–Crippen MR) is 137 cm³/mol. The second kappa shape index (κ2) is 9.19. The van der Waals surface area contributed by atoms with Gasteiger partial charge >= 0.3 is 0 Å². The second-order valence-electron chi connectivity index (χ2n) is 9.47. The summed E-state index contributed by atoms with van der Waals surface area (Å²) in [6.45, 7) is 8.61. The summed E-state index contributed by atoms with van der Waals surface area (Å²) in [6, 6.07) is 13.6. The number of aromatic nitrogens is 3. The quantitative estimate of drug-likeness (QED) is 0.353. The van der Waals surface area contributed by atoms with Gasteiger partial charge in [0.2, 0.25) is 10.0 Å². The van der Waals surface area contributed by atoms with Gasteiger partial charge < -0.3 is 4.57 Å². The van der Waals surface area contributed by atoms with Crippen LogP contribution in [0.5, 0.6) is 0 Å². The number of hydrogen-bond acceptors (Lipinski definition) is 6. The van der Waals surface area contributed by atoms with Crippen LogP contribution < -0.4 is 4.31 Å². The lowest BCUT2D eigenvalue weighted by Gasteiger charge is -2.19. The minimum atomic E-state index is -3.30. The van der Waals surface area contributed by atoms with Crippen LogP contribution in [0.15, 0.2) is 47.6 Å². The number of Topliss-reactive ketones (excluding diaryl/α,β-unsaturated/α-hetero) is 1. The van der Waals surface area contributed by atoms with Crippen LogP contribution in [0.2, 0.25) is 0 Å². The first-order valence-corrected chi connectivity index (χ1v) is 13.9. The summed E-state index contributed by atoms with van der Waals surface area (Å²) in [5, 5.41) is 9.29. The summed E-state index contributed by atoms with van der Waals surface area (Å²) in [5.74, 6) is 1.02. The molecule has 7 nitrogen and oxygen atoms in total. The average molecular weight is 499 g/mol. The predicted octanol–water partition coefficient (Wildman–Crippen LogP) is 4.47. The summed E-state index contributed by atoms with van der Waals surface area (Å²) < 4.78 is 27.9. The molecule has 0 amide bonds. The zero-order chi connectivity index (χ0) is 24.7. The van der Waals surface area contributed by atoms with Crippen molar-refractivity contribution in [2.45, 2.75) is 44.7 Å². The van der Waals surface area contributed by atoms with E-state index < -0.39 is 10.0 Å². The van der Waals surface area contributed by atoms with Crippen molar-refractivity contribution < 1.29 is 13.2 Å². The molecule has 0 atom stereocenters. The number of benzene rings is 2. The van der Waals surface area contributed by atoms with Crippen molar-refractivity contribution in [2.24, 2.45) is 7.05 Å². The van der Waals surface area contributed by atoms with E-state index in [1.807, 2.05) is 17.7 Å². The van der Waals surface area contributed by atoms with Crippen molar-refractivity contribution in [2.75, 3.05) is 22.4 Å². The number of hydrogen-bond donors (Lipinski definition) is 0. The van der Waals surface area contributed by atoms with Crippen LogP contribution in [0, 0.1) is 0 Å². The van der Waals surface area contributed by atoms with E-state index in [1.165, 1.54) is 21.6 Å². The molecule has 9 heteroatoms. The van der Waals surface area contributed by atoms with Gasteiger partial charge in [-0.3, -0.25) is 9.10 Å². The van der Waals surface area contributed by atoms with Crippen molar-refractivity contribution in [1.29, 1.82) is 0 Å². The van der Waals surface area contributed by atoms with Gasteiger partial charge in [-0.15, -0.1) is 10.2 Å². The van der Waals surface area contributed by atoms with Gasteiger partial charge in [-0.25, -0.2) is 8.42 Å². The summed E-state index contributed by atoms with van der Waals surface area (Å²) >= 11 is 1.35. The van der Waals surface area contributed by atoms with Gasteiger partial charge in [0.25, 0.3) is 0 Å². The molecule has 0 radical (unpaired) electrons. The molecule has 0 unspecified atom stereocenters. The summed E-state index contributed by atoms with van der Waals surface area (Å²) in [4.78, 5) is 12.9. The lowest BCUT2D eigenvalue weighted by molar-refractivity contribution is 0.102. The Balaban J connectivity index is 1.45. The lowest BCUT2D eigenvalue weighted by atomic mass is 9.87. The first-order valence-electron chi connectivity index (χ1n) is 11.3. The van der Waals surface area contributed by atoms with E-state index in [2.05, 4.69) is 55.2 Å². The molecule has 0 saturated carbocycles. The highest BCUT2D eigenvalue weighted by Crippen LogP contribution is 2.32. The second-order valence-corrected chi connectivity index (χ2v) is 12.6. The van der Waals surface area contributed by atoms with Crippen LogP contribution in [0.4, 0.5) is 5.69 Å². The van der Waals surface area contributed by atoms with Crippen LogP contribution in [0.1, 0.15) is 49.2 Å². The highest BCUT2D eigenvalue weighted by atomic mass is 32.2. The van der Waals surface area contributed by atoms with Crippen LogP contribution in [-0.4, -0.2) is 47.0 Å². The van der Waals surface area contributed by atoms with Crippen molar-refractivity contribution in [3.05, 3.63) is 59.2 Å². The highest BCUT2D eigenvalue weighted by molar-refractivity contribution is 7.99. The van der Waals surface area contributed by atoms with Crippen LogP contribution in [0.3, 0.4) is 0 Å². The molecule has 1 aromatic heterocycles. The smallest absolute Gasteiger partial charge is 0.234 e. The van der Waals surface area contributed by atoms with Crippen molar-refractivity contribution >= 4 is 33.3 Å².